The predicted molar refractivity (Wildman–Crippen MR) is 61.2 cm³/mol. The van der Waals surface area contributed by atoms with E-state index in [2.05, 4.69) is 5.32 Å². The molecule has 0 aromatic rings. The summed E-state index contributed by atoms with van der Waals surface area (Å²) >= 11 is 0. The average Bonchev–Trinajstić information content (AvgIpc) is 2.22. The number of rotatable bonds is 9. The molecule has 1 N–H and O–H groups in total. The number of ether oxygens (including phenoxy) is 1. The minimum Gasteiger partial charge on any atom is -0.373 e. The van der Waals surface area contributed by atoms with E-state index in [1.807, 2.05) is 6.92 Å². The molecule has 108 valence electrons. The van der Waals surface area contributed by atoms with E-state index in [9.17, 15) is 17.6 Å². The molecule has 0 bridgehead atoms. The molecule has 0 spiro atoms. The zero-order chi connectivity index (χ0) is 13.6. The van der Waals surface area contributed by atoms with E-state index in [1.54, 1.807) is 0 Å². The van der Waals surface area contributed by atoms with Gasteiger partial charge in [-0.2, -0.15) is 8.78 Å². The maximum atomic E-state index is 12.6. The summed E-state index contributed by atoms with van der Waals surface area (Å²) in [6.07, 6.45) is 0.744. The first kappa shape index (κ1) is 15.7. The molecule has 0 aromatic carbocycles. The molecular weight excluding hydrogens is 250 g/mol. The Bertz CT molecular complexity index is 234. The van der Waals surface area contributed by atoms with Gasteiger partial charge in [0.05, 0.1) is 6.61 Å². The summed E-state index contributed by atoms with van der Waals surface area (Å²) < 4.78 is 53.8. The van der Waals surface area contributed by atoms with Gasteiger partial charge in [0.25, 0.3) is 0 Å². The van der Waals surface area contributed by atoms with Gasteiger partial charge < -0.3 is 10.1 Å². The van der Waals surface area contributed by atoms with Gasteiger partial charge in [-0.3, -0.25) is 0 Å². The molecule has 1 aliphatic rings. The smallest absolute Gasteiger partial charge is 0.330 e. The molecule has 6 heteroatoms. The van der Waals surface area contributed by atoms with Crippen molar-refractivity contribution in [3.63, 3.8) is 0 Å². The lowest BCUT2D eigenvalue weighted by Crippen LogP contribution is -2.39. The number of alkyl halides is 4. The molecule has 0 aliphatic heterocycles. The molecule has 1 fully saturated rings. The summed E-state index contributed by atoms with van der Waals surface area (Å²) in [6.45, 7) is 1.48. The first-order chi connectivity index (χ1) is 8.45. The lowest BCUT2D eigenvalue weighted by Gasteiger charge is -2.30. The second-order valence-electron chi connectivity index (χ2n) is 4.86. The van der Waals surface area contributed by atoms with Crippen LogP contribution in [0.15, 0.2) is 0 Å². The van der Waals surface area contributed by atoms with Gasteiger partial charge in [-0.05, 0) is 18.9 Å². The highest BCUT2D eigenvalue weighted by Gasteiger charge is 2.41. The van der Waals surface area contributed by atoms with Gasteiger partial charge in [0.15, 0.2) is 0 Å². The van der Waals surface area contributed by atoms with Gasteiger partial charge in [-0.15, -0.1) is 0 Å². The maximum Gasteiger partial charge on any atom is 0.330 e. The van der Waals surface area contributed by atoms with Crippen molar-refractivity contribution < 1.29 is 22.3 Å². The van der Waals surface area contributed by atoms with Crippen LogP contribution in [-0.4, -0.2) is 38.1 Å². The number of hydrogen-bond donors (Lipinski definition) is 1. The van der Waals surface area contributed by atoms with Crippen molar-refractivity contribution in [3.8, 4) is 0 Å². The first-order valence-corrected chi connectivity index (χ1v) is 6.42. The molecule has 0 saturated heterocycles. The van der Waals surface area contributed by atoms with Crippen LogP contribution >= 0.6 is 0 Å². The van der Waals surface area contributed by atoms with E-state index in [4.69, 9.17) is 4.74 Å². The summed E-state index contributed by atoms with van der Waals surface area (Å²) in [4.78, 5) is 0. The first-order valence-electron chi connectivity index (χ1n) is 6.42. The van der Waals surface area contributed by atoms with Crippen LogP contribution in [0, 0.1) is 5.92 Å². The molecule has 1 rings (SSSR count). The highest BCUT2D eigenvalue weighted by Crippen LogP contribution is 2.30. The third-order valence-electron chi connectivity index (χ3n) is 3.27. The maximum absolute atomic E-state index is 12.6. The third kappa shape index (κ3) is 5.10. The molecule has 0 amide bonds. The van der Waals surface area contributed by atoms with Crippen molar-refractivity contribution >= 4 is 0 Å². The van der Waals surface area contributed by atoms with Crippen LogP contribution in [0.25, 0.3) is 0 Å². The van der Waals surface area contributed by atoms with E-state index in [-0.39, 0.29) is 12.6 Å². The molecule has 1 unspecified atom stereocenters. The number of halogens is 4. The summed E-state index contributed by atoms with van der Waals surface area (Å²) in [5, 5.41) is 3.14. The van der Waals surface area contributed by atoms with Crippen molar-refractivity contribution in [3.05, 3.63) is 0 Å². The van der Waals surface area contributed by atoms with Crippen LogP contribution in [-0.2, 0) is 4.74 Å². The lowest BCUT2D eigenvalue weighted by atomic mass is 9.81. The van der Waals surface area contributed by atoms with Gasteiger partial charge in [0, 0.05) is 6.04 Å². The SMILES string of the molecule is CCNC(COCC(F)(F)C(F)F)CC1CCC1. The minimum absolute atomic E-state index is 0.0197. The molecule has 18 heavy (non-hydrogen) atoms. The minimum atomic E-state index is -4.05. The third-order valence-corrected chi connectivity index (χ3v) is 3.27. The normalized spacial score (nSPS) is 19.0. The van der Waals surface area contributed by atoms with Crippen LogP contribution < -0.4 is 5.32 Å². The zero-order valence-corrected chi connectivity index (χ0v) is 10.6. The fourth-order valence-corrected chi connectivity index (χ4v) is 2.03. The van der Waals surface area contributed by atoms with E-state index >= 15 is 0 Å². The Labute approximate surface area is 105 Å². The standard InChI is InChI=1S/C12H21F4NO/c1-2-17-10(6-9-4-3-5-9)7-18-8-12(15,16)11(13)14/h9-11,17H,2-8H2,1H3. The van der Waals surface area contributed by atoms with E-state index in [0.29, 0.717) is 12.5 Å². The Morgan fingerprint density at radius 3 is 2.44 bits per heavy atom. The van der Waals surface area contributed by atoms with E-state index < -0.39 is 19.0 Å². The van der Waals surface area contributed by atoms with E-state index in [0.717, 1.165) is 19.3 Å². The number of nitrogens with one attached hydrogen (secondary N) is 1. The van der Waals surface area contributed by atoms with Gasteiger partial charge in [0.1, 0.15) is 6.61 Å². The van der Waals surface area contributed by atoms with Crippen LogP contribution in [0.3, 0.4) is 0 Å². The average molecular weight is 271 g/mol. The predicted octanol–water partition coefficient (Wildman–Crippen LogP) is 3.07. The fourth-order valence-electron chi connectivity index (χ4n) is 2.03. The highest BCUT2D eigenvalue weighted by atomic mass is 19.3. The van der Waals surface area contributed by atoms with Gasteiger partial charge in [-0.25, -0.2) is 8.78 Å². The van der Waals surface area contributed by atoms with Gasteiger partial charge in [0.2, 0.25) is 0 Å². The summed E-state index contributed by atoms with van der Waals surface area (Å²) in [6, 6.07) is -0.0197. The van der Waals surface area contributed by atoms with Crippen molar-refractivity contribution in [2.24, 2.45) is 5.92 Å². The molecule has 1 saturated carbocycles. The summed E-state index contributed by atoms with van der Waals surface area (Å²) in [7, 11) is 0. The largest absolute Gasteiger partial charge is 0.373 e. The quantitative estimate of drug-likeness (QED) is 0.651. The second kappa shape index (κ2) is 7.28. The summed E-state index contributed by atoms with van der Waals surface area (Å²) in [5.41, 5.74) is 0. The molecule has 2 nitrogen and oxygen atoms in total. The van der Waals surface area contributed by atoms with Crippen LogP contribution in [0.1, 0.15) is 32.6 Å². The molecule has 0 radical (unpaired) electrons. The Morgan fingerprint density at radius 1 is 1.33 bits per heavy atom. The van der Waals surface area contributed by atoms with Crippen molar-refractivity contribution in [2.45, 2.75) is 51.0 Å². The topological polar surface area (TPSA) is 21.3 Å². The van der Waals surface area contributed by atoms with Crippen molar-refractivity contribution in [2.75, 3.05) is 19.8 Å². The molecule has 0 heterocycles. The molecule has 1 aliphatic carbocycles. The molecule has 0 aromatic heterocycles. The van der Waals surface area contributed by atoms with Crippen LogP contribution in [0.4, 0.5) is 17.6 Å². The van der Waals surface area contributed by atoms with Crippen molar-refractivity contribution in [1.82, 2.24) is 5.32 Å². The number of hydrogen-bond acceptors (Lipinski definition) is 2. The van der Waals surface area contributed by atoms with E-state index in [1.165, 1.54) is 6.42 Å². The Balaban J connectivity index is 2.23. The number of likely N-dealkylation sites (N-methyl/N-ethyl adjacent to an activating group) is 1. The molecular formula is C12H21F4NO. The van der Waals surface area contributed by atoms with Crippen LogP contribution in [0.5, 0.6) is 0 Å². The van der Waals surface area contributed by atoms with Crippen LogP contribution in [0.2, 0.25) is 0 Å². The Kier molecular flexibility index (Phi) is 6.35. The monoisotopic (exact) mass is 271 g/mol. The zero-order valence-electron chi connectivity index (χ0n) is 10.6. The fraction of sp³-hybridized carbons (Fsp3) is 1.00. The summed E-state index contributed by atoms with van der Waals surface area (Å²) in [5.74, 6) is -3.43. The Morgan fingerprint density at radius 2 is 2.00 bits per heavy atom. The molecule has 1 atom stereocenters. The lowest BCUT2D eigenvalue weighted by molar-refractivity contribution is -0.167. The van der Waals surface area contributed by atoms with Crippen molar-refractivity contribution in [1.29, 1.82) is 0 Å². The Hall–Kier alpha value is -0.360. The second-order valence-corrected chi connectivity index (χ2v) is 4.86. The van der Waals surface area contributed by atoms with Gasteiger partial charge in [-0.1, -0.05) is 26.2 Å². The van der Waals surface area contributed by atoms with Gasteiger partial charge >= 0.3 is 12.3 Å². The highest BCUT2D eigenvalue weighted by molar-refractivity contribution is 4.77.